The van der Waals surface area contributed by atoms with E-state index in [9.17, 15) is 4.79 Å². The average Bonchev–Trinajstić information content (AvgIpc) is 1.90. The smallest absolute Gasteiger partial charge is 0.153 e. The molecular weight excluding hydrogens is 108 g/mol. The van der Waals surface area contributed by atoms with Gasteiger partial charge in [0.25, 0.3) is 0 Å². The standard InChI is InChI=1S/C5H4O3/c6-3-5-1-2-7-8-4-5/h1-4H. The predicted molar refractivity (Wildman–Crippen MR) is 25.5 cm³/mol. The molecule has 0 fully saturated rings. The van der Waals surface area contributed by atoms with E-state index in [1.165, 1.54) is 18.6 Å². The number of hydrogen-bond acceptors (Lipinski definition) is 3. The van der Waals surface area contributed by atoms with Crippen molar-refractivity contribution in [2.24, 2.45) is 0 Å². The van der Waals surface area contributed by atoms with E-state index in [0.29, 0.717) is 11.9 Å². The first-order chi connectivity index (χ1) is 3.93. The zero-order valence-electron chi connectivity index (χ0n) is 4.03. The molecule has 0 atom stereocenters. The molecule has 0 saturated carbocycles. The number of carbonyl (C=O) groups excluding carboxylic acids is 1. The molecule has 0 aromatic rings. The van der Waals surface area contributed by atoms with E-state index < -0.39 is 0 Å². The maximum Gasteiger partial charge on any atom is 0.153 e. The first-order valence-electron chi connectivity index (χ1n) is 2.07. The van der Waals surface area contributed by atoms with Gasteiger partial charge in [0.05, 0.1) is 5.57 Å². The zero-order chi connectivity index (χ0) is 5.82. The lowest BCUT2D eigenvalue weighted by molar-refractivity contribution is -0.199. The van der Waals surface area contributed by atoms with Crippen LogP contribution in [-0.2, 0) is 14.6 Å². The molecule has 0 bridgehead atoms. The minimum Gasteiger partial charge on any atom is -0.299 e. The maximum atomic E-state index is 9.90. The molecule has 1 rings (SSSR count). The number of allylic oxidation sites excluding steroid dienone is 2. The minimum absolute atomic E-state index is 0.469. The molecule has 1 aliphatic heterocycles. The highest BCUT2D eigenvalue weighted by Gasteiger charge is 1.93. The molecule has 1 heterocycles. The third-order valence-electron chi connectivity index (χ3n) is 0.692. The highest BCUT2D eigenvalue weighted by Crippen LogP contribution is 1.99. The summed E-state index contributed by atoms with van der Waals surface area (Å²) in [6.45, 7) is 0. The van der Waals surface area contributed by atoms with E-state index >= 15 is 0 Å². The molecule has 0 radical (unpaired) electrons. The third kappa shape index (κ3) is 0.872. The van der Waals surface area contributed by atoms with E-state index in [2.05, 4.69) is 9.78 Å². The van der Waals surface area contributed by atoms with Crippen molar-refractivity contribution in [3.63, 3.8) is 0 Å². The van der Waals surface area contributed by atoms with Crippen molar-refractivity contribution in [2.45, 2.75) is 0 Å². The fraction of sp³-hybridized carbons (Fsp3) is 0. The predicted octanol–water partition coefficient (Wildman–Crippen LogP) is 0.545. The molecule has 42 valence electrons. The van der Waals surface area contributed by atoms with Crippen LogP contribution in [0.3, 0.4) is 0 Å². The first-order valence-corrected chi connectivity index (χ1v) is 2.07. The average molecular weight is 112 g/mol. The lowest BCUT2D eigenvalue weighted by Gasteiger charge is -1.99. The molecule has 0 saturated heterocycles. The Morgan fingerprint density at radius 1 is 1.50 bits per heavy atom. The topological polar surface area (TPSA) is 35.5 Å². The van der Waals surface area contributed by atoms with Crippen LogP contribution in [0, 0.1) is 0 Å². The van der Waals surface area contributed by atoms with Crippen molar-refractivity contribution in [2.75, 3.05) is 0 Å². The van der Waals surface area contributed by atoms with E-state index in [-0.39, 0.29) is 0 Å². The molecule has 3 nitrogen and oxygen atoms in total. The Morgan fingerprint density at radius 2 is 2.38 bits per heavy atom. The Labute approximate surface area is 46.1 Å². The van der Waals surface area contributed by atoms with Crippen LogP contribution in [0.4, 0.5) is 0 Å². The first kappa shape index (κ1) is 4.90. The summed E-state index contributed by atoms with van der Waals surface area (Å²) in [5.41, 5.74) is 0.469. The Bertz CT molecular complexity index is 146. The van der Waals surface area contributed by atoms with Crippen LogP contribution in [0.5, 0.6) is 0 Å². The summed E-state index contributed by atoms with van der Waals surface area (Å²) >= 11 is 0. The van der Waals surface area contributed by atoms with Crippen LogP contribution in [0.1, 0.15) is 0 Å². The van der Waals surface area contributed by atoms with Crippen molar-refractivity contribution < 1.29 is 14.6 Å². The summed E-state index contributed by atoms with van der Waals surface area (Å²) in [6, 6.07) is 0. The fourth-order valence-electron chi connectivity index (χ4n) is 0.328. The molecule has 3 heteroatoms. The second-order valence-corrected chi connectivity index (χ2v) is 1.23. The summed E-state index contributed by atoms with van der Waals surface area (Å²) in [5.74, 6) is 0. The maximum absolute atomic E-state index is 9.90. The van der Waals surface area contributed by atoms with Gasteiger partial charge in [0, 0.05) is 0 Å². The molecule has 0 amide bonds. The zero-order valence-corrected chi connectivity index (χ0v) is 4.03. The summed E-state index contributed by atoms with van der Waals surface area (Å²) in [6.07, 6.45) is 4.71. The van der Waals surface area contributed by atoms with Crippen molar-refractivity contribution >= 4 is 6.29 Å². The van der Waals surface area contributed by atoms with Gasteiger partial charge in [-0.2, -0.15) is 0 Å². The lowest BCUT2D eigenvalue weighted by Crippen LogP contribution is -1.89. The Morgan fingerprint density at radius 3 is 2.75 bits per heavy atom. The van der Waals surface area contributed by atoms with E-state index in [1.807, 2.05) is 0 Å². The third-order valence-corrected chi connectivity index (χ3v) is 0.692. The fourth-order valence-corrected chi connectivity index (χ4v) is 0.328. The second kappa shape index (κ2) is 2.16. The molecule has 1 aliphatic rings. The summed E-state index contributed by atoms with van der Waals surface area (Å²) in [5, 5.41) is 0. The summed E-state index contributed by atoms with van der Waals surface area (Å²) < 4.78 is 0. The van der Waals surface area contributed by atoms with Crippen molar-refractivity contribution in [1.82, 2.24) is 0 Å². The number of hydrogen-bond donors (Lipinski definition) is 0. The Kier molecular flexibility index (Phi) is 1.32. The van der Waals surface area contributed by atoms with Crippen LogP contribution < -0.4 is 0 Å². The Balaban J connectivity index is 2.64. The summed E-state index contributed by atoms with van der Waals surface area (Å²) in [4.78, 5) is 18.5. The van der Waals surface area contributed by atoms with Gasteiger partial charge in [0.15, 0.2) is 12.5 Å². The van der Waals surface area contributed by atoms with Gasteiger partial charge in [0.2, 0.25) is 0 Å². The number of aldehydes is 1. The molecule has 0 aromatic carbocycles. The van der Waals surface area contributed by atoms with Gasteiger partial charge < -0.3 is 0 Å². The van der Waals surface area contributed by atoms with Crippen molar-refractivity contribution in [3.8, 4) is 0 Å². The molecule has 0 spiro atoms. The van der Waals surface area contributed by atoms with Crippen molar-refractivity contribution in [3.05, 3.63) is 24.2 Å². The van der Waals surface area contributed by atoms with Gasteiger partial charge in [-0.1, -0.05) is 0 Å². The van der Waals surface area contributed by atoms with Crippen LogP contribution in [0.25, 0.3) is 0 Å². The van der Waals surface area contributed by atoms with Crippen LogP contribution in [0.15, 0.2) is 24.2 Å². The second-order valence-electron chi connectivity index (χ2n) is 1.23. The van der Waals surface area contributed by atoms with Crippen LogP contribution in [0.2, 0.25) is 0 Å². The quantitative estimate of drug-likeness (QED) is 0.367. The molecule has 0 unspecified atom stereocenters. The highest BCUT2D eigenvalue weighted by atomic mass is 17.2. The molecular formula is C5H4O3. The van der Waals surface area contributed by atoms with Gasteiger partial charge in [0.1, 0.15) is 6.26 Å². The van der Waals surface area contributed by atoms with Crippen molar-refractivity contribution in [1.29, 1.82) is 0 Å². The Hall–Kier alpha value is -1.25. The van der Waals surface area contributed by atoms with Crippen LogP contribution >= 0.6 is 0 Å². The highest BCUT2D eigenvalue weighted by molar-refractivity contribution is 5.76. The van der Waals surface area contributed by atoms with E-state index in [4.69, 9.17) is 0 Å². The van der Waals surface area contributed by atoms with Gasteiger partial charge in [-0.25, -0.2) is 0 Å². The molecule has 8 heavy (non-hydrogen) atoms. The van der Waals surface area contributed by atoms with E-state index in [0.717, 1.165) is 0 Å². The monoisotopic (exact) mass is 112 g/mol. The SMILES string of the molecule is O=CC1=COOC=C1. The normalized spacial score (nSPS) is 15.8. The van der Waals surface area contributed by atoms with Gasteiger partial charge in [-0.05, 0) is 6.08 Å². The lowest BCUT2D eigenvalue weighted by atomic mass is 10.3. The summed E-state index contributed by atoms with van der Waals surface area (Å²) in [7, 11) is 0. The van der Waals surface area contributed by atoms with Gasteiger partial charge >= 0.3 is 0 Å². The van der Waals surface area contributed by atoms with Gasteiger partial charge in [-0.3, -0.25) is 14.6 Å². The molecule has 0 N–H and O–H groups in total. The number of carbonyl (C=O) groups is 1. The molecule has 0 aromatic heterocycles. The minimum atomic E-state index is 0.469. The molecule has 0 aliphatic carbocycles. The number of rotatable bonds is 1. The van der Waals surface area contributed by atoms with Crippen LogP contribution in [-0.4, -0.2) is 6.29 Å². The van der Waals surface area contributed by atoms with E-state index in [1.54, 1.807) is 0 Å². The largest absolute Gasteiger partial charge is 0.299 e. The van der Waals surface area contributed by atoms with Gasteiger partial charge in [-0.15, -0.1) is 0 Å².